The van der Waals surface area contributed by atoms with E-state index in [2.05, 4.69) is 20.8 Å². The van der Waals surface area contributed by atoms with Gasteiger partial charge in [-0.2, -0.15) is 10.2 Å². The number of aryl methyl sites for hydroxylation is 1. The van der Waals surface area contributed by atoms with E-state index >= 15 is 0 Å². The molecule has 0 radical (unpaired) electrons. The minimum Gasteiger partial charge on any atom is -0.358 e. The molecule has 2 heterocycles. The molecule has 0 saturated carbocycles. The first-order chi connectivity index (χ1) is 11.6. The lowest BCUT2D eigenvalue weighted by Crippen LogP contribution is -2.27. The Kier molecular flexibility index (Phi) is 5.12. The second kappa shape index (κ2) is 7.46. The van der Waals surface area contributed by atoms with Gasteiger partial charge in [0.2, 0.25) is 0 Å². The maximum Gasteiger partial charge on any atom is 0.171 e. The van der Waals surface area contributed by atoms with Crippen molar-refractivity contribution in [3.05, 3.63) is 65.2 Å². The van der Waals surface area contributed by atoms with Crippen LogP contribution in [0.15, 0.2) is 49.1 Å². The van der Waals surface area contributed by atoms with Crippen molar-refractivity contribution in [2.75, 3.05) is 5.32 Å². The molecular weight excluding hydrogens is 344 g/mol. The standard InChI is InChI=1S/C16H17ClN6S/c1-22-9-13(7-19-22)6-18-16(24)21-15-8-20-23(11-15)10-12-3-2-4-14(17)5-12/h2-5,7-9,11H,6,10H2,1H3,(H2,18,21,24). The Morgan fingerprint density at radius 1 is 1.21 bits per heavy atom. The van der Waals surface area contributed by atoms with E-state index in [-0.39, 0.29) is 0 Å². The minimum atomic E-state index is 0.543. The quantitative estimate of drug-likeness (QED) is 0.685. The van der Waals surface area contributed by atoms with E-state index in [1.54, 1.807) is 17.1 Å². The lowest BCUT2D eigenvalue weighted by atomic mass is 10.2. The third-order valence-corrected chi connectivity index (χ3v) is 3.82. The molecule has 124 valence electrons. The second-order valence-electron chi connectivity index (χ2n) is 5.39. The lowest BCUT2D eigenvalue weighted by Gasteiger charge is -2.07. The highest BCUT2D eigenvalue weighted by molar-refractivity contribution is 7.80. The molecule has 1 aromatic carbocycles. The van der Waals surface area contributed by atoms with Crippen LogP contribution in [-0.4, -0.2) is 24.7 Å². The van der Waals surface area contributed by atoms with Gasteiger partial charge in [0.15, 0.2) is 5.11 Å². The number of anilines is 1. The largest absolute Gasteiger partial charge is 0.358 e. The highest BCUT2D eigenvalue weighted by Crippen LogP contribution is 2.13. The molecular formula is C16H17ClN6S. The number of hydrogen-bond acceptors (Lipinski definition) is 3. The van der Waals surface area contributed by atoms with Crippen molar-refractivity contribution in [2.24, 2.45) is 7.05 Å². The molecule has 0 bridgehead atoms. The zero-order valence-electron chi connectivity index (χ0n) is 13.1. The van der Waals surface area contributed by atoms with Crippen LogP contribution in [0.25, 0.3) is 0 Å². The van der Waals surface area contributed by atoms with Crippen LogP contribution in [0.2, 0.25) is 5.02 Å². The maximum absolute atomic E-state index is 6.00. The lowest BCUT2D eigenvalue weighted by molar-refractivity contribution is 0.687. The van der Waals surface area contributed by atoms with Gasteiger partial charge in [0.05, 0.1) is 24.6 Å². The Bertz CT molecular complexity index is 840. The fraction of sp³-hybridized carbons (Fsp3) is 0.188. The molecule has 0 saturated heterocycles. The molecule has 2 N–H and O–H groups in total. The van der Waals surface area contributed by atoms with Gasteiger partial charge in [0, 0.05) is 36.6 Å². The van der Waals surface area contributed by atoms with Gasteiger partial charge >= 0.3 is 0 Å². The zero-order valence-corrected chi connectivity index (χ0v) is 14.7. The highest BCUT2D eigenvalue weighted by Gasteiger charge is 2.03. The smallest absolute Gasteiger partial charge is 0.171 e. The number of aromatic nitrogens is 4. The van der Waals surface area contributed by atoms with Crippen molar-refractivity contribution in [2.45, 2.75) is 13.1 Å². The van der Waals surface area contributed by atoms with E-state index < -0.39 is 0 Å². The molecule has 24 heavy (non-hydrogen) atoms. The molecule has 0 fully saturated rings. The van der Waals surface area contributed by atoms with Gasteiger partial charge in [-0.3, -0.25) is 9.36 Å². The molecule has 0 aliphatic heterocycles. The summed E-state index contributed by atoms with van der Waals surface area (Å²) >= 11 is 11.3. The SMILES string of the molecule is Cn1cc(CNC(=S)Nc2cnn(Cc3cccc(Cl)c3)c2)cn1. The monoisotopic (exact) mass is 360 g/mol. The Balaban J connectivity index is 1.52. The predicted molar refractivity (Wildman–Crippen MR) is 99.0 cm³/mol. The van der Waals surface area contributed by atoms with E-state index in [1.165, 1.54) is 0 Å². The second-order valence-corrected chi connectivity index (χ2v) is 6.23. The van der Waals surface area contributed by atoms with Gasteiger partial charge in [-0.15, -0.1) is 0 Å². The van der Waals surface area contributed by atoms with Crippen molar-refractivity contribution in [3.63, 3.8) is 0 Å². The molecule has 0 aliphatic carbocycles. The zero-order chi connectivity index (χ0) is 16.9. The van der Waals surface area contributed by atoms with Crippen LogP contribution >= 0.6 is 23.8 Å². The van der Waals surface area contributed by atoms with Crippen LogP contribution in [0, 0.1) is 0 Å². The number of halogens is 1. The van der Waals surface area contributed by atoms with E-state index in [0.717, 1.165) is 21.8 Å². The first kappa shape index (κ1) is 16.5. The van der Waals surface area contributed by atoms with Crippen LogP contribution in [0.1, 0.15) is 11.1 Å². The summed E-state index contributed by atoms with van der Waals surface area (Å²) in [6.45, 7) is 1.27. The summed E-state index contributed by atoms with van der Waals surface area (Å²) in [4.78, 5) is 0. The summed E-state index contributed by atoms with van der Waals surface area (Å²) in [6, 6.07) is 7.72. The number of thiocarbonyl (C=S) groups is 1. The van der Waals surface area contributed by atoms with Gasteiger partial charge in [-0.1, -0.05) is 23.7 Å². The number of benzene rings is 1. The summed E-state index contributed by atoms with van der Waals surface area (Å²) in [7, 11) is 1.88. The van der Waals surface area contributed by atoms with Gasteiger partial charge in [0.25, 0.3) is 0 Å². The summed E-state index contributed by atoms with van der Waals surface area (Å²) in [6.07, 6.45) is 7.39. The first-order valence-corrected chi connectivity index (χ1v) is 8.16. The van der Waals surface area contributed by atoms with Crippen LogP contribution in [-0.2, 0) is 20.1 Å². The normalized spacial score (nSPS) is 10.6. The molecule has 8 heteroatoms. The van der Waals surface area contributed by atoms with Crippen LogP contribution in [0.5, 0.6) is 0 Å². The van der Waals surface area contributed by atoms with Gasteiger partial charge in [0.1, 0.15) is 0 Å². The Hall–Kier alpha value is -2.38. The number of hydrogen-bond donors (Lipinski definition) is 2. The van der Waals surface area contributed by atoms with Crippen molar-refractivity contribution in [3.8, 4) is 0 Å². The van der Waals surface area contributed by atoms with Crippen LogP contribution < -0.4 is 10.6 Å². The minimum absolute atomic E-state index is 0.543. The van der Waals surface area contributed by atoms with Crippen LogP contribution in [0.3, 0.4) is 0 Å². The Morgan fingerprint density at radius 3 is 2.83 bits per heavy atom. The summed E-state index contributed by atoms with van der Waals surface area (Å²) in [5, 5.41) is 16.0. The van der Waals surface area contributed by atoms with Crippen molar-refractivity contribution in [1.82, 2.24) is 24.9 Å². The van der Waals surface area contributed by atoms with Crippen molar-refractivity contribution < 1.29 is 0 Å². The van der Waals surface area contributed by atoms with E-state index in [1.807, 2.05) is 48.4 Å². The molecule has 3 rings (SSSR count). The molecule has 3 aromatic rings. The molecule has 0 unspecified atom stereocenters. The third kappa shape index (κ3) is 4.56. The average Bonchev–Trinajstić information content (AvgIpc) is 3.14. The molecule has 0 amide bonds. The average molecular weight is 361 g/mol. The number of nitrogens with zero attached hydrogens (tertiary/aromatic N) is 4. The first-order valence-electron chi connectivity index (χ1n) is 7.38. The highest BCUT2D eigenvalue weighted by atomic mass is 35.5. The van der Waals surface area contributed by atoms with E-state index in [4.69, 9.17) is 23.8 Å². The van der Waals surface area contributed by atoms with Gasteiger partial charge in [-0.25, -0.2) is 0 Å². The summed E-state index contributed by atoms with van der Waals surface area (Å²) in [5.74, 6) is 0. The molecule has 2 aromatic heterocycles. The van der Waals surface area contributed by atoms with Crippen LogP contribution in [0.4, 0.5) is 5.69 Å². The fourth-order valence-corrected chi connectivity index (χ4v) is 2.66. The predicted octanol–water partition coefficient (Wildman–Crippen LogP) is 2.80. The fourth-order valence-electron chi connectivity index (χ4n) is 2.26. The van der Waals surface area contributed by atoms with Crippen molar-refractivity contribution in [1.29, 1.82) is 0 Å². The van der Waals surface area contributed by atoms with Gasteiger partial charge in [-0.05, 0) is 29.9 Å². The third-order valence-electron chi connectivity index (χ3n) is 3.34. The van der Waals surface area contributed by atoms with Crippen molar-refractivity contribution >= 4 is 34.6 Å². The van der Waals surface area contributed by atoms with Gasteiger partial charge < -0.3 is 10.6 Å². The maximum atomic E-state index is 6.00. The Labute approximate surface area is 150 Å². The van der Waals surface area contributed by atoms with E-state index in [0.29, 0.717) is 18.2 Å². The van der Waals surface area contributed by atoms with E-state index in [9.17, 15) is 0 Å². The number of rotatable bonds is 5. The molecule has 0 aliphatic rings. The molecule has 6 nitrogen and oxygen atoms in total. The topological polar surface area (TPSA) is 59.7 Å². The molecule has 0 atom stereocenters. The Morgan fingerprint density at radius 2 is 2.08 bits per heavy atom. The summed E-state index contributed by atoms with van der Waals surface area (Å²) in [5.41, 5.74) is 2.99. The molecule has 0 spiro atoms. The summed E-state index contributed by atoms with van der Waals surface area (Å²) < 4.78 is 3.59. The number of nitrogens with one attached hydrogen (secondary N) is 2.